The third-order valence-electron chi connectivity index (χ3n) is 13.0. The number of rotatable bonds is 3. The number of benzene rings is 10. The zero-order chi connectivity index (χ0) is 41.2. The van der Waals surface area contributed by atoms with Crippen LogP contribution < -0.4 is 0 Å². The van der Waals surface area contributed by atoms with Gasteiger partial charge >= 0.3 is 0 Å². The molecule has 4 heterocycles. The Kier molecular flexibility index (Phi) is 7.24. The Balaban J connectivity index is 1.07. The second-order valence-electron chi connectivity index (χ2n) is 16.6. The van der Waals surface area contributed by atoms with Crippen LogP contribution in [0.15, 0.2) is 217 Å². The van der Waals surface area contributed by atoms with Crippen LogP contribution in [-0.4, -0.2) is 13.7 Å². The Hall–Kier alpha value is -8.12. The molecule has 0 aliphatic rings. The molecule has 0 atom stereocenters. The maximum absolute atomic E-state index is 6.59. The van der Waals surface area contributed by atoms with E-state index >= 15 is 0 Å². The summed E-state index contributed by atoms with van der Waals surface area (Å²) in [5.74, 6) is 0. The van der Waals surface area contributed by atoms with Crippen molar-refractivity contribution >= 4 is 119 Å². The number of fused-ring (bicyclic) bond motifs is 14. The highest BCUT2D eigenvalue weighted by Crippen LogP contribution is 2.39. The van der Waals surface area contributed by atoms with Gasteiger partial charge in [-0.25, -0.2) is 0 Å². The van der Waals surface area contributed by atoms with Crippen LogP contribution in [0.4, 0.5) is 0 Å². The SMILES string of the molecule is c1ccc2c(-n3c4ccccc4c4cc(-n5c6cccc(c6)c6cccc(c6)n(-c6ccc7c(c6)sc6ccccc67)c6ccc7oc8ccc5cc8c7c6)ccc43)cccc2c1. The number of para-hydroxylation sites is 1. The molecule has 0 N–H and O–H groups in total. The molecular formula is C58H35N3OS. The van der Waals surface area contributed by atoms with Crippen molar-refractivity contribution in [1.29, 1.82) is 0 Å². The summed E-state index contributed by atoms with van der Waals surface area (Å²) in [6.07, 6.45) is 0. The quantitative estimate of drug-likeness (QED) is 0.174. The fourth-order valence-electron chi connectivity index (χ4n) is 10.2. The molecule has 5 heteroatoms. The molecule has 0 amide bonds. The predicted molar refractivity (Wildman–Crippen MR) is 267 cm³/mol. The van der Waals surface area contributed by atoms with Crippen LogP contribution in [0.5, 0.6) is 0 Å². The number of thiophene rings is 1. The molecule has 0 fully saturated rings. The topological polar surface area (TPSA) is 27.9 Å². The van der Waals surface area contributed by atoms with Gasteiger partial charge in [0.2, 0.25) is 0 Å². The Bertz CT molecular complexity index is 4280. The third-order valence-corrected chi connectivity index (χ3v) is 14.2. The number of furan rings is 1. The van der Waals surface area contributed by atoms with Crippen LogP contribution in [0.2, 0.25) is 0 Å². The lowest BCUT2D eigenvalue weighted by Crippen LogP contribution is -1.98. The molecule has 0 radical (unpaired) electrons. The molecular weight excluding hydrogens is 787 g/mol. The van der Waals surface area contributed by atoms with E-state index in [9.17, 15) is 0 Å². The molecule has 14 rings (SSSR count). The molecule has 0 spiro atoms. The second kappa shape index (κ2) is 13.2. The lowest BCUT2D eigenvalue weighted by atomic mass is 10.1. The molecule has 294 valence electrons. The molecule has 4 nitrogen and oxygen atoms in total. The van der Waals surface area contributed by atoms with E-state index in [1.54, 1.807) is 0 Å². The van der Waals surface area contributed by atoms with Crippen molar-refractivity contribution in [2.24, 2.45) is 0 Å². The van der Waals surface area contributed by atoms with Gasteiger partial charge in [0.1, 0.15) is 11.2 Å². The summed E-state index contributed by atoms with van der Waals surface area (Å²) in [5, 5.41) is 11.9. The Morgan fingerprint density at radius 1 is 0.302 bits per heavy atom. The van der Waals surface area contributed by atoms with E-state index in [0.29, 0.717) is 0 Å². The maximum Gasteiger partial charge on any atom is 0.135 e. The van der Waals surface area contributed by atoms with E-state index in [0.717, 1.165) is 66.2 Å². The highest BCUT2D eigenvalue weighted by Gasteiger charge is 2.17. The van der Waals surface area contributed by atoms with Crippen molar-refractivity contribution in [2.45, 2.75) is 0 Å². The third kappa shape index (κ3) is 5.21. The Morgan fingerprint density at radius 2 is 0.857 bits per heavy atom. The van der Waals surface area contributed by atoms with Gasteiger partial charge in [0, 0.05) is 80.5 Å². The lowest BCUT2D eigenvalue weighted by Gasteiger charge is -2.14. The van der Waals surface area contributed by atoms with Gasteiger partial charge in [0.15, 0.2) is 0 Å². The lowest BCUT2D eigenvalue weighted by molar-refractivity contribution is 0.669. The molecule has 0 aliphatic carbocycles. The molecule has 4 aromatic heterocycles. The summed E-state index contributed by atoms with van der Waals surface area (Å²) in [6.45, 7) is 0. The van der Waals surface area contributed by atoms with E-state index in [2.05, 4.69) is 226 Å². The van der Waals surface area contributed by atoms with Crippen molar-refractivity contribution in [3.05, 3.63) is 212 Å². The van der Waals surface area contributed by atoms with Crippen LogP contribution in [0, 0.1) is 0 Å². The first-order chi connectivity index (χ1) is 31.2. The van der Waals surface area contributed by atoms with E-state index in [-0.39, 0.29) is 0 Å². The predicted octanol–water partition coefficient (Wildman–Crippen LogP) is 16.4. The van der Waals surface area contributed by atoms with Gasteiger partial charge in [-0.15, -0.1) is 11.3 Å². The molecule has 10 aromatic carbocycles. The normalized spacial score (nSPS) is 12.1. The first-order valence-electron chi connectivity index (χ1n) is 21.4. The first kappa shape index (κ1) is 34.6. The maximum atomic E-state index is 6.59. The molecule has 0 saturated heterocycles. The van der Waals surface area contributed by atoms with Gasteiger partial charge in [-0.05, 0) is 125 Å². The van der Waals surface area contributed by atoms with Crippen LogP contribution in [0.1, 0.15) is 0 Å². The molecule has 0 aliphatic heterocycles. The monoisotopic (exact) mass is 821 g/mol. The average Bonchev–Trinajstić information content (AvgIpc) is 4.00. The molecule has 8 bridgehead atoms. The number of nitrogens with zero attached hydrogens (tertiary/aromatic N) is 3. The van der Waals surface area contributed by atoms with Gasteiger partial charge in [-0.3, -0.25) is 0 Å². The zero-order valence-electron chi connectivity index (χ0n) is 33.9. The van der Waals surface area contributed by atoms with Crippen molar-refractivity contribution in [3.63, 3.8) is 0 Å². The molecule has 0 unspecified atom stereocenters. The summed E-state index contributed by atoms with van der Waals surface area (Å²) in [5.41, 5.74) is 11.7. The molecule has 14 aromatic rings. The van der Waals surface area contributed by atoms with Gasteiger partial charge in [0.05, 0.1) is 16.7 Å². The van der Waals surface area contributed by atoms with E-state index in [1.807, 2.05) is 11.3 Å². The highest BCUT2D eigenvalue weighted by molar-refractivity contribution is 7.25. The van der Waals surface area contributed by atoms with Crippen LogP contribution in [0.3, 0.4) is 0 Å². The van der Waals surface area contributed by atoms with Crippen molar-refractivity contribution in [2.75, 3.05) is 0 Å². The van der Waals surface area contributed by atoms with Gasteiger partial charge in [-0.1, -0.05) is 103 Å². The standard InChI is InChI=1S/C58H35N3OS/c1-2-16-45-36(10-1)11-9-20-52(45)61-53-19-5-3-17-46(53)49-32-41(23-27-54(49)61)59-39-14-7-12-37(30-39)38-13-8-15-40(31-38)60(44-22-26-48-47-18-4-6-21-57(47)63-58(48)35-44)43-25-29-56-51(34-43)50-33-42(59)24-28-55(50)62-56/h1-35H. The number of hydrogen-bond donors (Lipinski definition) is 0. The van der Waals surface area contributed by atoms with Crippen molar-refractivity contribution in [3.8, 4) is 17.1 Å². The minimum atomic E-state index is 0.862. The molecule has 0 saturated carbocycles. The van der Waals surface area contributed by atoms with Crippen LogP contribution >= 0.6 is 11.3 Å². The Morgan fingerprint density at radius 3 is 1.62 bits per heavy atom. The summed E-state index contributed by atoms with van der Waals surface area (Å²) < 4.78 is 16.4. The van der Waals surface area contributed by atoms with Crippen LogP contribution in [-0.2, 0) is 0 Å². The second-order valence-corrected chi connectivity index (χ2v) is 17.6. The van der Waals surface area contributed by atoms with Gasteiger partial charge in [0.25, 0.3) is 0 Å². The summed E-state index contributed by atoms with van der Waals surface area (Å²) in [4.78, 5) is 0. The average molecular weight is 822 g/mol. The Labute approximate surface area is 364 Å². The minimum absolute atomic E-state index is 0.862. The summed E-state index contributed by atoms with van der Waals surface area (Å²) in [7, 11) is 0. The summed E-state index contributed by atoms with van der Waals surface area (Å²) >= 11 is 1.85. The van der Waals surface area contributed by atoms with Gasteiger partial charge in [-0.2, -0.15) is 0 Å². The van der Waals surface area contributed by atoms with E-state index < -0.39 is 0 Å². The van der Waals surface area contributed by atoms with Crippen molar-refractivity contribution in [1.82, 2.24) is 13.7 Å². The summed E-state index contributed by atoms with van der Waals surface area (Å²) in [6, 6.07) is 77.8. The van der Waals surface area contributed by atoms with Gasteiger partial charge < -0.3 is 18.1 Å². The number of hydrogen-bond acceptors (Lipinski definition) is 2. The highest BCUT2D eigenvalue weighted by atomic mass is 32.1. The van der Waals surface area contributed by atoms with E-state index in [1.165, 1.54) is 58.4 Å². The van der Waals surface area contributed by atoms with Crippen LogP contribution in [0.25, 0.3) is 125 Å². The fraction of sp³-hybridized carbons (Fsp3) is 0. The van der Waals surface area contributed by atoms with E-state index in [4.69, 9.17) is 4.42 Å². The first-order valence-corrected chi connectivity index (χ1v) is 22.2. The number of aromatic nitrogens is 3. The van der Waals surface area contributed by atoms with Crippen molar-refractivity contribution < 1.29 is 4.42 Å². The largest absolute Gasteiger partial charge is 0.456 e. The molecule has 63 heavy (non-hydrogen) atoms. The fourth-order valence-corrected chi connectivity index (χ4v) is 11.3. The smallest absolute Gasteiger partial charge is 0.135 e. The zero-order valence-corrected chi connectivity index (χ0v) is 34.7. The minimum Gasteiger partial charge on any atom is -0.456 e.